The molecular weight excluding hydrogens is 218 g/mol. The molecule has 1 aromatic rings. The Morgan fingerprint density at radius 2 is 2.57 bits per heavy atom. The van der Waals surface area contributed by atoms with Gasteiger partial charge in [0.05, 0.1) is 6.04 Å². The summed E-state index contributed by atoms with van der Waals surface area (Å²) in [5, 5.41) is 10.1. The third-order valence-electron chi connectivity index (χ3n) is 2.37. The molecule has 0 saturated carbocycles. The van der Waals surface area contributed by atoms with Crippen LogP contribution < -0.4 is 10.6 Å². The summed E-state index contributed by atoms with van der Waals surface area (Å²) >= 11 is 1.72. The first kappa shape index (κ1) is 11.9. The zero-order valence-corrected chi connectivity index (χ0v) is 9.83. The number of hydrogen-bond acceptors (Lipinski definition) is 4. The fourth-order valence-electron chi connectivity index (χ4n) is 1.67. The molecule has 0 spiro atoms. The molecule has 0 radical (unpaired) electrons. The molecule has 1 aliphatic rings. The lowest BCUT2D eigenvalue weighted by Gasteiger charge is -2.16. The highest BCUT2D eigenvalue weighted by Gasteiger charge is 2.17. The Bertz CT molecular complexity index is 247. The molecule has 0 amide bonds. The second kappa shape index (κ2) is 5.66. The third-order valence-corrected chi connectivity index (χ3v) is 3.33. The highest BCUT2D eigenvalue weighted by Crippen LogP contribution is 2.16. The van der Waals surface area contributed by atoms with Crippen molar-refractivity contribution in [2.24, 2.45) is 0 Å². The number of thiazole rings is 1. The number of nitrogens with one attached hydrogen (secondary N) is 2. The molecule has 5 heteroatoms. The van der Waals surface area contributed by atoms with Crippen molar-refractivity contribution in [1.29, 1.82) is 0 Å². The molecule has 2 atom stereocenters. The number of nitrogens with zero attached hydrogens (tertiary/aromatic N) is 1. The van der Waals surface area contributed by atoms with Gasteiger partial charge in [-0.15, -0.1) is 23.7 Å². The molecule has 1 saturated heterocycles. The van der Waals surface area contributed by atoms with E-state index in [4.69, 9.17) is 0 Å². The summed E-state index contributed by atoms with van der Waals surface area (Å²) < 4.78 is 0. The van der Waals surface area contributed by atoms with Crippen LogP contribution in [0.5, 0.6) is 0 Å². The van der Waals surface area contributed by atoms with Gasteiger partial charge in [-0.25, -0.2) is 4.98 Å². The van der Waals surface area contributed by atoms with Crippen LogP contribution in [-0.4, -0.2) is 24.1 Å². The van der Waals surface area contributed by atoms with Crippen molar-refractivity contribution < 1.29 is 0 Å². The van der Waals surface area contributed by atoms with E-state index in [9.17, 15) is 0 Å². The van der Waals surface area contributed by atoms with Crippen molar-refractivity contribution in [2.75, 3.05) is 13.1 Å². The van der Waals surface area contributed by atoms with Crippen LogP contribution >= 0.6 is 23.7 Å². The molecule has 3 nitrogen and oxygen atoms in total. The fraction of sp³-hybridized carbons (Fsp3) is 0.667. The molecule has 80 valence electrons. The minimum absolute atomic E-state index is 0. The highest BCUT2D eigenvalue weighted by molar-refractivity contribution is 7.09. The lowest BCUT2D eigenvalue weighted by atomic mass is 10.2. The van der Waals surface area contributed by atoms with E-state index in [1.165, 1.54) is 11.4 Å². The molecule has 1 aliphatic heterocycles. The van der Waals surface area contributed by atoms with E-state index >= 15 is 0 Å². The number of aromatic nitrogens is 1. The lowest BCUT2D eigenvalue weighted by Crippen LogP contribution is -2.33. The van der Waals surface area contributed by atoms with Crippen molar-refractivity contribution in [3.8, 4) is 0 Å². The summed E-state index contributed by atoms with van der Waals surface area (Å²) in [4.78, 5) is 4.29. The van der Waals surface area contributed by atoms with E-state index < -0.39 is 0 Å². The van der Waals surface area contributed by atoms with Crippen LogP contribution in [0.1, 0.15) is 24.4 Å². The Morgan fingerprint density at radius 1 is 1.71 bits per heavy atom. The topological polar surface area (TPSA) is 37.0 Å². The lowest BCUT2D eigenvalue weighted by molar-refractivity contribution is 0.477. The Labute approximate surface area is 94.7 Å². The van der Waals surface area contributed by atoms with E-state index in [2.05, 4.69) is 22.5 Å². The molecule has 2 heterocycles. The van der Waals surface area contributed by atoms with E-state index in [0.717, 1.165) is 13.1 Å². The molecule has 2 N–H and O–H groups in total. The molecule has 14 heavy (non-hydrogen) atoms. The quantitative estimate of drug-likeness (QED) is 0.833. The van der Waals surface area contributed by atoms with Crippen molar-refractivity contribution >= 4 is 23.7 Å². The van der Waals surface area contributed by atoms with Crippen LogP contribution in [0.2, 0.25) is 0 Å². The molecule has 0 aromatic carbocycles. The van der Waals surface area contributed by atoms with Crippen molar-refractivity contribution in [1.82, 2.24) is 15.6 Å². The van der Waals surface area contributed by atoms with Crippen molar-refractivity contribution in [3.63, 3.8) is 0 Å². The van der Waals surface area contributed by atoms with E-state index in [0.29, 0.717) is 12.1 Å². The minimum Gasteiger partial charge on any atom is -0.315 e. The van der Waals surface area contributed by atoms with E-state index in [1.54, 1.807) is 11.3 Å². The third kappa shape index (κ3) is 2.92. The van der Waals surface area contributed by atoms with Gasteiger partial charge in [0.15, 0.2) is 0 Å². The van der Waals surface area contributed by atoms with Gasteiger partial charge >= 0.3 is 0 Å². The number of rotatable bonds is 3. The minimum atomic E-state index is 0. The van der Waals surface area contributed by atoms with Gasteiger partial charge in [-0.05, 0) is 19.9 Å². The Morgan fingerprint density at radius 3 is 3.14 bits per heavy atom. The Hall–Kier alpha value is -0.160. The molecule has 1 fully saturated rings. The monoisotopic (exact) mass is 233 g/mol. The summed E-state index contributed by atoms with van der Waals surface area (Å²) in [5.41, 5.74) is 0. The second-order valence-corrected chi connectivity index (χ2v) is 4.37. The maximum absolute atomic E-state index is 4.29. The van der Waals surface area contributed by atoms with Gasteiger partial charge in [0, 0.05) is 24.2 Å². The standard InChI is InChI=1S/C9H15N3S.ClH/c1-7(9-11-4-5-13-9)12-8-2-3-10-6-8;/h4-5,7-8,10,12H,2-3,6H2,1H3;1H/t7-,8?;/m1./s1. The van der Waals surface area contributed by atoms with Gasteiger partial charge in [0.25, 0.3) is 0 Å². The fourth-order valence-corrected chi connectivity index (χ4v) is 2.33. The molecule has 1 aromatic heterocycles. The summed E-state index contributed by atoms with van der Waals surface area (Å²) in [6.07, 6.45) is 3.10. The molecule has 1 unspecified atom stereocenters. The molecular formula is C9H16ClN3S. The zero-order chi connectivity index (χ0) is 9.10. The molecule has 2 rings (SSSR count). The first-order valence-electron chi connectivity index (χ1n) is 4.72. The first-order chi connectivity index (χ1) is 6.36. The van der Waals surface area contributed by atoms with Crippen LogP contribution in [0.25, 0.3) is 0 Å². The predicted octanol–water partition coefficient (Wildman–Crippen LogP) is 1.58. The van der Waals surface area contributed by atoms with Crippen LogP contribution in [0.3, 0.4) is 0 Å². The Kier molecular flexibility index (Phi) is 4.81. The van der Waals surface area contributed by atoms with Crippen LogP contribution in [-0.2, 0) is 0 Å². The first-order valence-corrected chi connectivity index (χ1v) is 5.60. The van der Waals surface area contributed by atoms with Crippen LogP contribution in [0, 0.1) is 0 Å². The van der Waals surface area contributed by atoms with Gasteiger partial charge in [-0.1, -0.05) is 0 Å². The summed E-state index contributed by atoms with van der Waals surface area (Å²) in [5.74, 6) is 0. The van der Waals surface area contributed by atoms with E-state index in [-0.39, 0.29) is 12.4 Å². The maximum Gasteiger partial charge on any atom is 0.109 e. The number of halogens is 1. The molecule has 0 aliphatic carbocycles. The van der Waals surface area contributed by atoms with Gasteiger partial charge in [-0.3, -0.25) is 0 Å². The van der Waals surface area contributed by atoms with Crippen molar-refractivity contribution in [3.05, 3.63) is 16.6 Å². The second-order valence-electron chi connectivity index (χ2n) is 3.45. The Balaban J connectivity index is 0.000000980. The molecule has 0 bridgehead atoms. The zero-order valence-electron chi connectivity index (χ0n) is 8.19. The van der Waals surface area contributed by atoms with Crippen molar-refractivity contribution in [2.45, 2.75) is 25.4 Å². The van der Waals surface area contributed by atoms with Gasteiger partial charge in [0.1, 0.15) is 5.01 Å². The number of hydrogen-bond donors (Lipinski definition) is 2. The largest absolute Gasteiger partial charge is 0.315 e. The van der Waals surface area contributed by atoms with Gasteiger partial charge in [0.2, 0.25) is 0 Å². The van der Waals surface area contributed by atoms with Crippen LogP contribution in [0.4, 0.5) is 0 Å². The van der Waals surface area contributed by atoms with Crippen LogP contribution in [0.15, 0.2) is 11.6 Å². The van der Waals surface area contributed by atoms with Gasteiger partial charge < -0.3 is 10.6 Å². The van der Waals surface area contributed by atoms with E-state index in [1.807, 2.05) is 11.6 Å². The average Bonchev–Trinajstić information content (AvgIpc) is 2.74. The predicted molar refractivity (Wildman–Crippen MR) is 62.2 cm³/mol. The smallest absolute Gasteiger partial charge is 0.109 e. The normalized spacial score (nSPS) is 23.1. The summed E-state index contributed by atoms with van der Waals surface area (Å²) in [6, 6.07) is 1.02. The van der Waals surface area contributed by atoms with Gasteiger partial charge in [-0.2, -0.15) is 0 Å². The average molecular weight is 234 g/mol. The SMILES string of the molecule is C[C@@H](NC1CCNC1)c1nccs1.Cl. The highest BCUT2D eigenvalue weighted by atomic mass is 35.5. The summed E-state index contributed by atoms with van der Waals surface area (Å²) in [7, 11) is 0. The summed E-state index contributed by atoms with van der Waals surface area (Å²) in [6.45, 7) is 4.41. The maximum atomic E-state index is 4.29.